The van der Waals surface area contributed by atoms with E-state index in [2.05, 4.69) is 16.9 Å². The summed E-state index contributed by atoms with van der Waals surface area (Å²) in [4.78, 5) is 31.2. The van der Waals surface area contributed by atoms with Crippen LogP contribution in [0.15, 0.2) is 108 Å². The molecule has 0 bridgehead atoms. The highest BCUT2D eigenvalue weighted by molar-refractivity contribution is 6.05. The highest BCUT2D eigenvalue weighted by atomic mass is 16.2. The number of aliphatic imine (C=N–C) groups is 1. The summed E-state index contributed by atoms with van der Waals surface area (Å²) in [5.41, 5.74) is 10.4. The molecule has 4 rings (SSSR count). The lowest BCUT2D eigenvalue weighted by Gasteiger charge is -2.38. The topological polar surface area (TPSA) is 84.5 Å². The minimum Gasteiger partial charge on any atom is -0.387 e. The molecule has 39 heavy (non-hydrogen) atoms. The van der Waals surface area contributed by atoms with E-state index in [1.165, 1.54) is 0 Å². The molecule has 0 heterocycles. The number of hydrogen-bond acceptors (Lipinski definition) is 3. The normalized spacial score (nSPS) is 18.2. The van der Waals surface area contributed by atoms with Crippen LogP contribution in [0.3, 0.4) is 0 Å². The molecule has 0 saturated heterocycles. The number of ketones is 1. The molecule has 1 unspecified atom stereocenters. The molecule has 0 radical (unpaired) electrons. The van der Waals surface area contributed by atoms with E-state index in [1.54, 1.807) is 18.2 Å². The van der Waals surface area contributed by atoms with E-state index in [4.69, 9.17) is 5.73 Å². The van der Waals surface area contributed by atoms with Crippen molar-refractivity contribution in [3.05, 3.63) is 125 Å². The fourth-order valence-corrected chi connectivity index (χ4v) is 5.12. The molecule has 1 saturated carbocycles. The summed E-state index contributed by atoms with van der Waals surface area (Å²) in [5.74, 6) is 0.530. The van der Waals surface area contributed by atoms with Crippen LogP contribution in [0.2, 0.25) is 0 Å². The predicted octanol–water partition coefficient (Wildman–Crippen LogP) is 6.92. The second-order valence-corrected chi connectivity index (χ2v) is 10.2. The number of amides is 1. The second kappa shape index (κ2) is 12.5. The summed E-state index contributed by atoms with van der Waals surface area (Å²) in [6.07, 6.45) is 5.08. The molecule has 3 aromatic rings. The fourth-order valence-electron chi connectivity index (χ4n) is 5.12. The first kappa shape index (κ1) is 27.8. The van der Waals surface area contributed by atoms with Crippen LogP contribution in [0.5, 0.6) is 0 Å². The van der Waals surface area contributed by atoms with E-state index in [-0.39, 0.29) is 17.7 Å². The summed E-state index contributed by atoms with van der Waals surface area (Å²) < 4.78 is 0. The number of nitrogens with one attached hydrogen (secondary N) is 1. The van der Waals surface area contributed by atoms with Crippen molar-refractivity contribution in [3.63, 3.8) is 0 Å². The number of nitrogens with zero attached hydrogens (tertiary/aromatic N) is 1. The largest absolute Gasteiger partial charge is 0.387 e. The molecule has 1 aliphatic rings. The third-order valence-corrected chi connectivity index (χ3v) is 7.63. The van der Waals surface area contributed by atoms with Gasteiger partial charge in [0.05, 0.1) is 23.0 Å². The number of rotatable bonds is 9. The number of carbonyl (C=O) groups is 2. The third-order valence-electron chi connectivity index (χ3n) is 7.63. The molecule has 1 fully saturated rings. The van der Waals surface area contributed by atoms with Gasteiger partial charge in [-0.25, -0.2) is 4.99 Å². The molecule has 0 aromatic heterocycles. The molecular weight excluding hydrogens is 482 g/mol. The lowest BCUT2D eigenvalue weighted by molar-refractivity contribution is -0.128. The monoisotopic (exact) mass is 519 g/mol. The zero-order chi connectivity index (χ0) is 27.8. The standard InChI is InChI=1S/C34H37N3O2/c1-4-32(35)36-24(2)28-15-17-29(18-16-28)31(38)23-26-19-21-34(22-20-26,30-13-9-6-10-14-30)33(39)37-25(3)27-11-7-5-8-12-27/h5-18,23,25H,2,4,19-22H2,1,3H3,(H2,35,36)(H,37,39). The third kappa shape index (κ3) is 6.61. The first-order valence-electron chi connectivity index (χ1n) is 13.6. The summed E-state index contributed by atoms with van der Waals surface area (Å²) in [5, 5.41) is 3.27. The average Bonchev–Trinajstić information content (AvgIpc) is 2.98. The maximum atomic E-state index is 13.8. The van der Waals surface area contributed by atoms with Crippen LogP contribution in [0, 0.1) is 0 Å². The molecule has 1 aliphatic carbocycles. The molecular formula is C34H37N3O2. The number of allylic oxidation sites excluding steroid dienone is 2. The molecule has 3 aromatic carbocycles. The van der Waals surface area contributed by atoms with E-state index in [9.17, 15) is 9.59 Å². The van der Waals surface area contributed by atoms with Crippen molar-refractivity contribution in [1.82, 2.24) is 5.32 Å². The van der Waals surface area contributed by atoms with Crippen molar-refractivity contribution in [2.75, 3.05) is 0 Å². The summed E-state index contributed by atoms with van der Waals surface area (Å²) >= 11 is 0. The van der Waals surface area contributed by atoms with Gasteiger partial charge in [-0.15, -0.1) is 0 Å². The van der Waals surface area contributed by atoms with E-state index in [1.807, 2.05) is 86.6 Å². The number of nitrogens with two attached hydrogens (primary N) is 1. The number of hydrogen-bond donors (Lipinski definition) is 2. The Kier molecular flexibility index (Phi) is 8.92. The van der Waals surface area contributed by atoms with Crippen molar-refractivity contribution in [2.45, 2.75) is 57.4 Å². The average molecular weight is 520 g/mol. The second-order valence-electron chi connectivity index (χ2n) is 10.2. The van der Waals surface area contributed by atoms with Crippen LogP contribution in [0.1, 0.15) is 79.0 Å². The van der Waals surface area contributed by atoms with Gasteiger partial charge in [0.15, 0.2) is 5.78 Å². The molecule has 1 atom stereocenters. The molecule has 5 nitrogen and oxygen atoms in total. The zero-order valence-electron chi connectivity index (χ0n) is 22.8. The van der Waals surface area contributed by atoms with Crippen molar-refractivity contribution in [2.24, 2.45) is 10.7 Å². The van der Waals surface area contributed by atoms with Gasteiger partial charge in [-0.3, -0.25) is 9.59 Å². The van der Waals surface area contributed by atoms with Crippen LogP contribution >= 0.6 is 0 Å². The van der Waals surface area contributed by atoms with Crippen LogP contribution in [0.4, 0.5) is 0 Å². The number of carbonyl (C=O) groups excluding carboxylic acids is 2. The summed E-state index contributed by atoms with van der Waals surface area (Å²) in [6, 6.07) is 27.2. The van der Waals surface area contributed by atoms with Gasteiger partial charge in [0, 0.05) is 12.0 Å². The maximum Gasteiger partial charge on any atom is 0.231 e. The minimum absolute atomic E-state index is 0.0342. The Hall–Kier alpha value is -4.25. The van der Waals surface area contributed by atoms with Gasteiger partial charge in [-0.2, -0.15) is 0 Å². The van der Waals surface area contributed by atoms with Gasteiger partial charge in [0.25, 0.3) is 0 Å². The van der Waals surface area contributed by atoms with Crippen LogP contribution in [0.25, 0.3) is 5.70 Å². The Labute approximate surface area is 231 Å². The van der Waals surface area contributed by atoms with Crippen LogP contribution < -0.4 is 11.1 Å². The van der Waals surface area contributed by atoms with Gasteiger partial charge < -0.3 is 11.1 Å². The van der Waals surface area contributed by atoms with Crippen LogP contribution in [-0.4, -0.2) is 17.5 Å². The van der Waals surface area contributed by atoms with Crippen molar-refractivity contribution >= 4 is 23.2 Å². The highest BCUT2D eigenvalue weighted by Crippen LogP contribution is 2.42. The van der Waals surface area contributed by atoms with Crippen molar-refractivity contribution in [3.8, 4) is 0 Å². The van der Waals surface area contributed by atoms with Gasteiger partial charge >= 0.3 is 0 Å². The Morgan fingerprint density at radius 1 is 0.949 bits per heavy atom. The minimum atomic E-state index is -0.631. The zero-order valence-corrected chi connectivity index (χ0v) is 22.8. The van der Waals surface area contributed by atoms with E-state index in [0.29, 0.717) is 49.2 Å². The van der Waals surface area contributed by atoms with E-state index >= 15 is 0 Å². The molecule has 5 heteroatoms. The van der Waals surface area contributed by atoms with Crippen LogP contribution in [-0.2, 0) is 10.2 Å². The van der Waals surface area contributed by atoms with Crippen molar-refractivity contribution in [1.29, 1.82) is 0 Å². The lowest BCUT2D eigenvalue weighted by Crippen LogP contribution is -2.46. The van der Waals surface area contributed by atoms with E-state index < -0.39 is 5.41 Å². The van der Waals surface area contributed by atoms with Crippen molar-refractivity contribution < 1.29 is 9.59 Å². The SMILES string of the molecule is C=C(N=C(N)CC)c1ccc(C(=O)C=C2CCC(C(=O)NC(C)c3ccccc3)(c3ccccc3)CC2)cc1. The van der Waals surface area contributed by atoms with Gasteiger partial charge in [0.2, 0.25) is 5.91 Å². The molecule has 0 spiro atoms. The molecule has 200 valence electrons. The Balaban J connectivity index is 1.48. The molecule has 0 aliphatic heterocycles. The Bertz CT molecular complexity index is 1360. The summed E-state index contributed by atoms with van der Waals surface area (Å²) in [7, 11) is 0. The lowest BCUT2D eigenvalue weighted by atomic mass is 9.67. The predicted molar refractivity (Wildman–Crippen MR) is 159 cm³/mol. The molecule has 1 amide bonds. The Morgan fingerprint density at radius 3 is 2.10 bits per heavy atom. The van der Waals surface area contributed by atoms with Gasteiger partial charge in [-0.1, -0.05) is 104 Å². The smallest absolute Gasteiger partial charge is 0.231 e. The maximum absolute atomic E-state index is 13.8. The molecule has 3 N–H and O–H groups in total. The Morgan fingerprint density at radius 2 is 1.51 bits per heavy atom. The number of benzene rings is 3. The highest BCUT2D eigenvalue weighted by Gasteiger charge is 2.42. The fraction of sp³-hybridized carbons (Fsp3) is 0.265. The van der Waals surface area contributed by atoms with E-state index in [0.717, 1.165) is 22.3 Å². The first-order valence-corrected chi connectivity index (χ1v) is 13.6. The summed E-state index contributed by atoms with van der Waals surface area (Å²) in [6.45, 7) is 7.93. The quantitative estimate of drug-likeness (QED) is 0.139. The van der Waals surface area contributed by atoms with Gasteiger partial charge in [-0.05, 0) is 55.4 Å². The first-order chi connectivity index (χ1) is 18.8. The van der Waals surface area contributed by atoms with Gasteiger partial charge in [0.1, 0.15) is 0 Å². The number of amidine groups is 1.